The molecule has 10 heteroatoms. The Labute approximate surface area is 238 Å². The topological polar surface area (TPSA) is 143 Å². The zero-order valence-corrected chi connectivity index (χ0v) is 22.6. The summed E-state index contributed by atoms with van der Waals surface area (Å²) >= 11 is 0. The minimum absolute atomic E-state index is 0.0698. The van der Waals surface area contributed by atoms with Crippen LogP contribution in [-0.2, 0) is 25.2 Å². The molecule has 214 valence electrons. The molecule has 0 unspecified atom stereocenters. The molecule has 0 saturated carbocycles. The first-order valence-electron chi connectivity index (χ1n) is 12.9. The lowest BCUT2D eigenvalue weighted by Gasteiger charge is -2.46. The second-order valence-electron chi connectivity index (χ2n) is 9.67. The van der Waals surface area contributed by atoms with Crippen molar-refractivity contribution >= 4 is 10.1 Å². The van der Waals surface area contributed by atoms with Gasteiger partial charge >= 0.3 is 15.2 Å². The van der Waals surface area contributed by atoms with E-state index in [1.165, 1.54) is 12.1 Å². The first-order chi connectivity index (χ1) is 19.7. The van der Waals surface area contributed by atoms with Crippen molar-refractivity contribution in [1.82, 2.24) is 0 Å². The maximum Gasteiger partial charge on any atom is 0.370 e. The summed E-state index contributed by atoms with van der Waals surface area (Å²) in [4.78, 5) is 0. The molecule has 0 aromatic heterocycles. The van der Waals surface area contributed by atoms with Crippen LogP contribution >= 0.6 is 0 Å². The summed E-state index contributed by atoms with van der Waals surface area (Å²) in [6, 6.07) is 35.4. The largest absolute Gasteiger partial charge is 0.445 e. The van der Waals surface area contributed by atoms with Crippen LogP contribution in [0.25, 0.3) is 0 Å². The number of ether oxygens (including phenoxy) is 3. The smallest absolute Gasteiger partial charge is 0.370 e. The van der Waals surface area contributed by atoms with E-state index < -0.39 is 51.9 Å². The van der Waals surface area contributed by atoms with Crippen molar-refractivity contribution in [3.05, 3.63) is 138 Å². The molecule has 1 fully saturated rings. The van der Waals surface area contributed by atoms with Crippen LogP contribution in [0.1, 0.15) is 16.7 Å². The van der Waals surface area contributed by atoms with Gasteiger partial charge in [0.2, 0.25) is 0 Å². The van der Waals surface area contributed by atoms with Gasteiger partial charge in [-0.25, -0.2) is 0 Å². The highest BCUT2D eigenvalue weighted by Gasteiger charge is 2.64. The van der Waals surface area contributed by atoms with E-state index in [4.69, 9.17) is 14.2 Å². The molecule has 0 amide bonds. The van der Waals surface area contributed by atoms with Crippen molar-refractivity contribution in [2.24, 2.45) is 0 Å². The van der Waals surface area contributed by atoms with Gasteiger partial charge in [0.15, 0.2) is 6.10 Å². The molecule has 4 aromatic rings. The van der Waals surface area contributed by atoms with E-state index in [1.54, 1.807) is 18.2 Å². The van der Waals surface area contributed by atoms with Crippen LogP contribution in [-0.4, -0.2) is 64.4 Å². The van der Waals surface area contributed by atoms with E-state index in [0.717, 1.165) is 16.7 Å². The van der Waals surface area contributed by atoms with Gasteiger partial charge in [-0.05, 0) is 28.8 Å². The standard InChI is InChI=1S/C31H30O9S/c32-27-26(40-31(41(35,36)37,29(34)28(27)33)39-25-19-11-4-12-20-25)21-38-30(22-13-5-1-6-14-22,23-15-7-2-8-16-23)24-17-9-3-10-18-24/h1-20,26-29,32-34H,21H2,(H,35,36,37)/t26-,27-,28+,29+,31-/m1/s1. The first-order valence-corrected chi connectivity index (χ1v) is 14.4. The van der Waals surface area contributed by atoms with Gasteiger partial charge in [-0.2, -0.15) is 8.42 Å². The van der Waals surface area contributed by atoms with Gasteiger partial charge in [0, 0.05) is 0 Å². The van der Waals surface area contributed by atoms with Crippen molar-refractivity contribution < 1.29 is 42.5 Å². The normalized spacial score (nSPS) is 25.0. The Bertz CT molecular complexity index is 1420. The summed E-state index contributed by atoms with van der Waals surface area (Å²) < 4.78 is 53.5. The number of rotatable bonds is 9. The van der Waals surface area contributed by atoms with Crippen molar-refractivity contribution in [2.75, 3.05) is 6.61 Å². The fraction of sp³-hybridized carbons (Fsp3) is 0.226. The van der Waals surface area contributed by atoms with Gasteiger partial charge in [0.25, 0.3) is 0 Å². The molecule has 4 N–H and O–H groups in total. The van der Waals surface area contributed by atoms with Gasteiger partial charge < -0.3 is 29.5 Å². The lowest BCUT2D eigenvalue weighted by molar-refractivity contribution is -0.305. The predicted molar refractivity (Wildman–Crippen MR) is 149 cm³/mol. The Morgan fingerprint density at radius 1 is 0.683 bits per heavy atom. The highest BCUT2D eigenvalue weighted by atomic mass is 32.2. The molecule has 0 radical (unpaired) electrons. The quantitative estimate of drug-likeness (QED) is 0.174. The summed E-state index contributed by atoms with van der Waals surface area (Å²) in [5.74, 6) is -0.0698. The number of benzene rings is 4. The van der Waals surface area contributed by atoms with Crippen LogP contribution in [0.15, 0.2) is 121 Å². The zero-order valence-electron chi connectivity index (χ0n) is 21.8. The maximum atomic E-state index is 12.7. The second kappa shape index (κ2) is 11.7. The van der Waals surface area contributed by atoms with Crippen LogP contribution in [0.2, 0.25) is 0 Å². The molecule has 41 heavy (non-hydrogen) atoms. The minimum atomic E-state index is -5.36. The molecule has 1 aliphatic heterocycles. The van der Waals surface area contributed by atoms with E-state index in [2.05, 4.69) is 0 Å². The van der Waals surface area contributed by atoms with Gasteiger partial charge in [-0.1, -0.05) is 109 Å². The summed E-state index contributed by atoms with van der Waals surface area (Å²) in [5.41, 5.74) is 0.911. The second-order valence-corrected chi connectivity index (χ2v) is 11.2. The summed E-state index contributed by atoms with van der Waals surface area (Å²) in [6.45, 7) is -0.487. The molecule has 1 aliphatic rings. The van der Waals surface area contributed by atoms with Crippen LogP contribution in [0.3, 0.4) is 0 Å². The Hall–Kier alpha value is -3.61. The third-order valence-electron chi connectivity index (χ3n) is 7.10. The zero-order chi connectivity index (χ0) is 29.1. The Kier molecular flexibility index (Phi) is 8.25. The molecule has 1 heterocycles. The number of hydrogen-bond acceptors (Lipinski definition) is 8. The van der Waals surface area contributed by atoms with E-state index >= 15 is 0 Å². The lowest BCUT2D eigenvalue weighted by Crippen LogP contribution is -2.70. The highest BCUT2D eigenvalue weighted by molar-refractivity contribution is 7.87. The van der Waals surface area contributed by atoms with Gasteiger partial charge in [-0.3, -0.25) is 4.55 Å². The van der Waals surface area contributed by atoms with Gasteiger partial charge in [0.05, 0.1) is 6.61 Å². The molecule has 0 bridgehead atoms. The lowest BCUT2D eigenvalue weighted by atomic mass is 9.80. The van der Waals surface area contributed by atoms with E-state index in [-0.39, 0.29) is 5.75 Å². The SMILES string of the molecule is O=S(=O)(O)[C@]1(Oc2ccccc2)O[C@H](COC(c2ccccc2)(c2ccccc2)c2ccccc2)[C@@H](O)[C@H](O)[C@@H]1O. The molecule has 1 saturated heterocycles. The van der Waals surface area contributed by atoms with E-state index in [1.807, 2.05) is 91.0 Å². The van der Waals surface area contributed by atoms with Crippen LogP contribution in [0.5, 0.6) is 5.75 Å². The Balaban J connectivity index is 1.59. The molecule has 4 aromatic carbocycles. The fourth-order valence-corrected chi connectivity index (χ4v) is 5.97. The number of aliphatic hydroxyl groups is 3. The molecule has 5 atom stereocenters. The van der Waals surface area contributed by atoms with Crippen molar-refractivity contribution in [3.8, 4) is 5.75 Å². The summed E-state index contributed by atoms with van der Waals surface area (Å²) in [5, 5.41) is 29.4. The first kappa shape index (κ1) is 28.9. The van der Waals surface area contributed by atoms with Crippen LogP contribution in [0.4, 0.5) is 0 Å². The van der Waals surface area contributed by atoms with E-state index in [0.29, 0.717) is 0 Å². The molecule has 0 aliphatic carbocycles. The summed E-state index contributed by atoms with van der Waals surface area (Å²) in [7, 11) is -5.36. The van der Waals surface area contributed by atoms with Crippen LogP contribution < -0.4 is 4.74 Å². The monoisotopic (exact) mass is 578 g/mol. The van der Waals surface area contributed by atoms with Gasteiger partial charge in [0.1, 0.15) is 29.7 Å². The fourth-order valence-electron chi connectivity index (χ4n) is 5.08. The number of para-hydroxylation sites is 1. The molecular formula is C31H30O9S. The Morgan fingerprint density at radius 3 is 1.51 bits per heavy atom. The van der Waals surface area contributed by atoms with E-state index in [9.17, 15) is 28.3 Å². The Morgan fingerprint density at radius 2 is 1.10 bits per heavy atom. The molecule has 9 nitrogen and oxygen atoms in total. The number of aliphatic hydroxyl groups excluding tert-OH is 3. The molecule has 5 rings (SSSR count). The predicted octanol–water partition coefficient (Wildman–Crippen LogP) is 3.10. The average molecular weight is 579 g/mol. The third kappa shape index (κ3) is 5.39. The average Bonchev–Trinajstić information content (AvgIpc) is 3.00. The molecular weight excluding hydrogens is 548 g/mol. The highest BCUT2D eigenvalue weighted by Crippen LogP contribution is 2.42. The van der Waals surface area contributed by atoms with Crippen molar-refractivity contribution in [3.63, 3.8) is 0 Å². The van der Waals surface area contributed by atoms with Crippen LogP contribution in [0, 0.1) is 0 Å². The van der Waals surface area contributed by atoms with Gasteiger partial charge in [-0.15, -0.1) is 0 Å². The number of hydrogen-bond donors (Lipinski definition) is 4. The van der Waals surface area contributed by atoms with Crippen molar-refractivity contribution in [2.45, 2.75) is 35.1 Å². The van der Waals surface area contributed by atoms with Crippen molar-refractivity contribution in [1.29, 1.82) is 0 Å². The summed E-state index contributed by atoms with van der Waals surface area (Å²) in [6.07, 6.45) is -7.83. The maximum absolute atomic E-state index is 12.7. The molecule has 0 spiro atoms. The third-order valence-corrected chi connectivity index (χ3v) is 8.24. The minimum Gasteiger partial charge on any atom is -0.445 e.